The first-order valence-electron chi connectivity index (χ1n) is 7.91. The number of rotatable bonds is 3. The van der Waals surface area contributed by atoms with Crippen LogP contribution in [-0.2, 0) is 0 Å². The maximum absolute atomic E-state index is 12.3. The van der Waals surface area contributed by atoms with E-state index in [9.17, 15) is 4.79 Å². The number of nitrogens with zero attached hydrogens (tertiary/aromatic N) is 3. The van der Waals surface area contributed by atoms with Gasteiger partial charge in [0.15, 0.2) is 11.9 Å². The Balaban J connectivity index is 2.00. The summed E-state index contributed by atoms with van der Waals surface area (Å²) < 4.78 is 11.7. The van der Waals surface area contributed by atoms with E-state index in [1.165, 1.54) is 0 Å². The van der Waals surface area contributed by atoms with Crippen LogP contribution in [-0.4, -0.2) is 20.6 Å². The molecule has 0 bridgehead atoms. The number of fused-ring (bicyclic) bond motifs is 3. The molecule has 0 amide bonds. The fourth-order valence-electron chi connectivity index (χ4n) is 2.93. The van der Waals surface area contributed by atoms with Crippen molar-refractivity contribution in [1.29, 1.82) is 0 Å². The van der Waals surface area contributed by atoms with E-state index in [0.29, 0.717) is 22.5 Å². The lowest BCUT2D eigenvalue weighted by atomic mass is 10.0. The summed E-state index contributed by atoms with van der Waals surface area (Å²) >= 11 is 0. The van der Waals surface area contributed by atoms with Gasteiger partial charge in [0, 0.05) is 5.39 Å². The summed E-state index contributed by atoms with van der Waals surface area (Å²) in [7, 11) is 0. The first-order valence-corrected chi connectivity index (χ1v) is 7.91. The molecule has 0 spiro atoms. The van der Waals surface area contributed by atoms with Gasteiger partial charge in [-0.15, -0.1) is 5.10 Å². The molecule has 0 saturated heterocycles. The number of benzene rings is 2. The van der Waals surface area contributed by atoms with E-state index in [4.69, 9.17) is 9.15 Å². The fourth-order valence-corrected chi connectivity index (χ4v) is 2.93. The van der Waals surface area contributed by atoms with Gasteiger partial charge in [0.2, 0.25) is 0 Å². The number of hydrogen-bond donors (Lipinski definition) is 1. The summed E-state index contributed by atoms with van der Waals surface area (Å²) in [5.74, 6) is 1.13. The van der Waals surface area contributed by atoms with Crippen LogP contribution >= 0.6 is 0 Å². The summed E-state index contributed by atoms with van der Waals surface area (Å²) in [6.45, 7) is 5.74. The van der Waals surface area contributed by atoms with Crippen molar-refractivity contribution in [3.63, 3.8) is 0 Å². The van der Waals surface area contributed by atoms with E-state index in [-0.39, 0.29) is 11.7 Å². The molecule has 1 unspecified atom stereocenters. The SMILES string of the molecule is Cc1ccc2c(=O)oc3c(C)ccc(OC(C)c4nnn[nH]4)c3c2c1. The summed E-state index contributed by atoms with van der Waals surface area (Å²) in [6, 6.07) is 9.39. The summed E-state index contributed by atoms with van der Waals surface area (Å²) in [5, 5.41) is 15.9. The summed E-state index contributed by atoms with van der Waals surface area (Å²) in [6.07, 6.45) is -0.382. The summed E-state index contributed by atoms with van der Waals surface area (Å²) in [5.41, 5.74) is 2.11. The lowest BCUT2D eigenvalue weighted by Gasteiger charge is -2.15. The standard InChI is InChI=1S/C18H16N4O3/c1-9-4-6-12-13(8-9)15-14(24-11(3)17-19-21-22-20-17)7-5-10(2)16(15)25-18(12)23/h4-8,11H,1-3H3,(H,19,20,21,22). The predicted octanol–water partition coefficient (Wildman–Crippen LogP) is 3.22. The van der Waals surface area contributed by atoms with Crippen LogP contribution in [0.4, 0.5) is 0 Å². The minimum Gasteiger partial charge on any atom is -0.482 e. The normalized spacial score (nSPS) is 12.6. The first-order chi connectivity index (χ1) is 12.0. The molecule has 4 aromatic rings. The maximum atomic E-state index is 12.3. The van der Waals surface area contributed by atoms with Gasteiger partial charge >= 0.3 is 5.63 Å². The van der Waals surface area contributed by atoms with Crippen LogP contribution in [0.2, 0.25) is 0 Å². The molecule has 0 fully saturated rings. The van der Waals surface area contributed by atoms with Gasteiger partial charge < -0.3 is 9.15 Å². The number of ether oxygens (including phenoxy) is 1. The Bertz CT molecular complexity index is 1130. The van der Waals surface area contributed by atoms with Crippen molar-refractivity contribution in [3.8, 4) is 5.75 Å². The van der Waals surface area contributed by atoms with Gasteiger partial charge in [-0.3, -0.25) is 0 Å². The molecule has 2 aromatic heterocycles. The lowest BCUT2D eigenvalue weighted by Crippen LogP contribution is -2.07. The zero-order valence-corrected chi connectivity index (χ0v) is 14.0. The number of nitrogens with one attached hydrogen (secondary N) is 1. The van der Waals surface area contributed by atoms with E-state index >= 15 is 0 Å². The van der Waals surface area contributed by atoms with Crippen LogP contribution in [0.3, 0.4) is 0 Å². The molecular weight excluding hydrogens is 320 g/mol. The Kier molecular flexibility index (Phi) is 3.49. The fraction of sp³-hybridized carbons (Fsp3) is 0.222. The first kappa shape index (κ1) is 15.3. The molecule has 126 valence electrons. The quantitative estimate of drug-likeness (QED) is 0.456. The van der Waals surface area contributed by atoms with E-state index in [0.717, 1.165) is 21.9 Å². The predicted molar refractivity (Wildman–Crippen MR) is 92.7 cm³/mol. The highest BCUT2D eigenvalue weighted by Crippen LogP contribution is 2.35. The van der Waals surface area contributed by atoms with Crippen LogP contribution in [0.15, 0.2) is 39.5 Å². The van der Waals surface area contributed by atoms with Crippen LogP contribution < -0.4 is 10.4 Å². The van der Waals surface area contributed by atoms with Crippen LogP contribution in [0.1, 0.15) is 30.0 Å². The monoisotopic (exact) mass is 336 g/mol. The smallest absolute Gasteiger partial charge is 0.344 e. The molecule has 0 aliphatic carbocycles. The maximum Gasteiger partial charge on any atom is 0.344 e. The Morgan fingerprint density at radius 2 is 2.00 bits per heavy atom. The number of hydrogen-bond acceptors (Lipinski definition) is 6. The molecule has 0 saturated carbocycles. The third kappa shape index (κ3) is 2.53. The molecule has 0 aliphatic rings. The molecule has 1 atom stereocenters. The number of aromatic nitrogens is 4. The molecule has 7 nitrogen and oxygen atoms in total. The second kappa shape index (κ2) is 5.70. The highest BCUT2D eigenvalue weighted by molar-refractivity contribution is 6.08. The number of aryl methyl sites for hydroxylation is 2. The topological polar surface area (TPSA) is 93.9 Å². The molecule has 0 radical (unpaired) electrons. The van der Waals surface area contributed by atoms with Gasteiger partial charge in [0.1, 0.15) is 11.3 Å². The molecule has 0 aliphatic heterocycles. The highest BCUT2D eigenvalue weighted by atomic mass is 16.5. The Hall–Kier alpha value is -3.22. The molecule has 4 rings (SSSR count). The Labute approximate surface area is 142 Å². The van der Waals surface area contributed by atoms with Gasteiger partial charge in [-0.1, -0.05) is 23.8 Å². The van der Waals surface area contributed by atoms with Gasteiger partial charge in [-0.05, 0) is 48.9 Å². The van der Waals surface area contributed by atoms with Crippen LogP contribution in [0.25, 0.3) is 21.7 Å². The second-order valence-electron chi connectivity index (χ2n) is 6.07. The van der Waals surface area contributed by atoms with Gasteiger partial charge in [0.25, 0.3) is 0 Å². The van der Waals surface area contributed by atoms with Crippen molar-refractivity contribution in [2.75, 3.05) is 0 Å². The van der Waals surface area contributed by atoms with Crippen LogP contribution in [0, 0.1) is 13.8 Å². The number of aromatic amines is 1. The van der Waals surface area contributed by atoms with Gasteiger partial charge in [-0.2, -0.15) is 0 Å². The van der Waals surface area contributed by atoms with Crippen molar-refractivity contribution in [3.05, 3.63) is 57.7 Å². The average Bonchev–Trinajstić information content (AvgIpc) is 3.12. The van der Waals surface area contributed by atoms with Crippen molar-refractivity contribution in [2.24, 2.45) is 0 Å². The molecule has 2 heterocycles. The second-order valence-corrected chi connectivity index (χ2v) is 6.07. The molecule has 2 aromatic carbocycles. The third-order valence-corrected chi connectivity index (χ3v) is 4.23. The van der Waals surface area contributed by atoms with Gasteiger partial charge in [-0.25, -0.2) is 9.89 Å². The lowest BCUT2D eigenvalue weighted by molar-refractivity contribution is 0.219. The Morgan fingerprint density at radius 1 is 1.16 bits per heavy atom. The molecule has 7 heteroatoms. The molecule has 25 heavy (non-hydrogen) atoms. The highest BCUT2D eigenvalue weighted by Gasteiger charge is 2.18. The summed E-state index contributed by atoms with van der Waals surface area (Å²) in [4.78, 5) is 12.3. The minimum absolute atomic E-state index is 0.352. The molecule has 1 N–H and O–H groups in total. The molecular formula is C18H16N4O3. The largest absolute Gasteiger partial charge is 0.482 e. The number of tetrazole rings is 1. The number of H-pyrrole nitrogens is 1. The Morgan fingerprint density at radius 3 is 2.76 bits per heavy atom. The average molecular weight is 336 g/mol. The van der Waals surface area contributed by atoms with E-state index < -0.39 is 0 Å². The van der Waals surface area contributed by atoms with Gasteiger partial charge in [0.05, 0.1) is 10.8 Å². The van der Waals surface area contributed by atoms with E-state index in [2.05, 4.69) is 20.6 Å². The zero-order chi connectivity index (χ0) is 17.6. The minimum atomic E-state index is -0.382. The van der Waals surface area contributed by atoms with E-state index in [1.807, 2.05) is 45.0 Å². The van der Waals surface area contributed by atoms with E-state index in [1.54, 1.807) is 6.07 Å². The zero-order valence-electron chi connectivity index (χ0n) is 14.0. The van der Waals surface area contributed by atoms with Crippen molar-refractivity contribution < 1.29 is 9.15 Å². The van der Waals surface area contributed by atoms with Crippen molar-refractivity contribution >= 4 is 21.7 Å². The van der Waals surface area contributed by atoms with Crippen molar-refractivity contribution in [2.45, 2.75) is 26.9 Å². The third-order valence-electron chi connectivity index (χ3n) is 4.23. The van der Waals surface area contributed by atoms with Crippen LogP contribution in [0.5, 0.6) is 5.75 Å². The van der Waals surface area contributed by atoms with Crippen molar-refractivity contribution in [1.82, 2.24) is 20.6 Å².